The van der Waals surface area contributed by atoms with Crippen LogP contribution in [0, 0.1) is 6.92 Å². The lowest BCUT2D eigenvalue weighted by Gasteiger charge is -2.43. The van der Waals surface area contributed by atoms with Gasteiger partial charge in [0.15, 0.2) is 0 Å². The molecule has 0 saturated carbocycles. The van der Waals surface area contributed by atoms with Gasteiger partial charge >= 0.3 is 0 Å². The zero-order valence-corrected chi connectivity index (χ0v) is 20.9. The van der Waals surface area contributed by atoms with Crippen LogP contribution in [-0.4, -0.2) is 67.3 Å². The van der Waals surface area contributed by atoms with E-state index >= 15 is 0 Å². The number of rotatable bonds is 6. The standard InChI is InChI=1S/C28H33N5O3/c1-21-20-25(30-23-8-10-24(35-2)11-9-23)31-27(29-21)33-16-14-32(15-17-33)26(34)28(12-18-36-19-13-28)22-6-4-3-5-7-22/h3-11,20H,12-19H2,1-2H3,(H,29,30,31). The summed E-state index contributed by atoms with van der Waals surface area (Å²) in [6, 6.07) is 19.9. The van der Waals surface area contributed by atoms with Crippen molar-refractivity contribution in [1.82, 2.24) is 14.9 Å². The monoisotopic (exact) mass is 487 g/mol. The van der Waals surface area contributed by atoms with Gasteiger partial charge in [-0.2, -0.15) is 4.98 Å². The quantitative estimate of drug-likeness (QED) is 0.564. The lowest BCUT2D eigenvalue weighted by molar-refractivity contribution is -0.141. The van der Waals surface area contributed by atoms with Crippen molar-refractivity contribution < 1.29 is 14.3 Å². The van der Waals surface area contributed by atoms with E-state index in [9.17, 15) is 4.79 Å². The van der Waals surface area contributed by atoms with Crippen molar-refractivity contribution in [1.29, 1.82) is 0 Å². The van der Waals surface area contributed by atoms with Crippen LogP contribution in [0.2, 0.25) is 0 Å². The third-order valence-corrected chi connectivity index (χ3v) is 7.14. The fraction of sp³-hybridized carbons (Fsp3) is 0.393. The molecule has 0 unspecified atom stereocenters. The summed E-state index contributed by atoms with van der Waals surface area (Å²) in [4.78, 5) is 27.5. The van der Waals surface area contributed by atoms with Crippen LogP contribution < -0.4 is 15.0 Å². The van der Waals surface area contributed by atoms with Crippen LogP contribution in [0.15, 0.2) is 60.7 Å². The van der Waals surface area contributed by atoms with Gasteiger partial charge in [-0.05, 0) is 49.6 Å². The maximum atomic E-state index is 13.9. The third kappa shape index (κ3) is 4.99. The van der Waals surface area contributed by atoms with E-state index in [1.54, 1.807) is 7.11 Å². The number of carbonyl (C=O) groups excluding carboxylic acids is 1. The maximum Gasteiger partial charge on any atom is 0.233 e. The number of methoxy groups -OCH3 is 1. The summed E-state index contributed by atoms with van der Waals surface area (Å²) < 4.78 is 10.9. The fourth-order valence-corrected chi connectivity index (χ4v) is 5.10. The zero-order chi connectivity index (χ0) is 25.0. The Morgan fingerprint density at radius 2 is 1.67 bits per heavy atom. The Hall–Kier alpha value is -3.65. The van der Waals surface area contributed by atoms with E-state index in [-0.39, 0.29) is 5.91 Å². The van der Waals surface area contributed by atoms with Gasteiger partial charge in [-0.3, -0.25) is 4.79 Å². The summed E-state index contributed by atoms with van der Waals surface area (Å²) in [5.74, 6) is 2.44. The Bertz CT molecular complexity index is 1170. The number of ether oxygens (including phenoxy) is 2. The molecule has 8 heteroatoms. The SMILES string of the molecule is COc1ccc(Nc2cc(C)nc(N3CCN(C(=O)C4(c5ccccc5)CCOCC4)CC3)n2)cc1. The van der Waals surface area contributed by atoms with Gasteiger partial charge in [0.05, 0.1) is 12.5 Å². The van der Waals surface area contributed by atoms with Crippen LogP contribution in [-0.2, 0) is 14.9 Å². The number of aromatic nitrogens is 2. The number of amides is 1. The van der Waals surface area contributed by atoms with Crippen LogP contribution in [0.3, 0.4) is 0 Å². The molecule has 5 rings (SSSR count). The van der Waals surface area contributed by atoms with Gasteiger partial charge in [0.25, 0.3) is 0 Å². The number of nitrogens with one attached hydrogen (secondary N) is 1. The molecule has 2 saturated heterocycles. The predicted octanol–water partition coefficient (Wildman–Crippen LogP) is 3.93. The van der Waals surface area contributed by atoms with Gasteiger partial charge < -0.3 is 24.6 Å². The van der Waals surface area contributed by atoms with Gasteiger partial charge in [-0.1, -0.05) is 30.3 Å². The molecule has 0 radical (unpaired) electrons. The van der Waals surface area contributed by atoms with Crippen molar-refractivity contribution in [2.24, 2.45) is 0 Å². The minimum Gasteiger partial charge on any atom is -0.497 e. The van der Waals surface area contributed by atoms with E-state index in [0.717, 1.165) is 41.4 Å². The lowest BCUT2D eigenvalue weighted by Crippen LogP contribution is -2.56. The summed E-state index contributed by atoms with van der Waals surface area (Å²) in [6.45, 7) is 5.87. The molecule has 2 fully saturated rings. The molecule has 1 amide bonds. The molecule has 36 heavy (non-hydrogen) atoms. The normalized spacial score (nSPS) is 17.5. The molecule has 0 spiro atoms. The molecule has 2 aromatic carbocycles. The number of benzene rings is 2. The molecule has 3 aromatic rings. The highest BCUT2D eigenvalue weighted by Crippen LogP contribution is 2.37. The second-order valence-electron chi connectivity index (χ2n) is 9.39. The lowest BCUT2D eigenvalue weighted by atomic mass is 9.73. The van der Waals surface area contributed by atoms with Crippen LogP contribution >= 0.6 is 0 Å². The molecule has 1 N–H and O–H groups in total. The van der Waals surface area contributed by atoms with Crippen molar-refractivity contribution >= 4 is 23.4 Å². The van der Waals surface area contributed by atoms with E-state index in [2.05, 4.69) is 27.3 Å². The average Bonchev–Trinajstić information content (AvgIpc) is 2.94. The van der Waals surface area contributed by atoms with Gasteiger partial charge in [0, 0.05) is 56.8 Å². The number of piperazine rings is 1. The van der Waals surface area contributed by atoms with Gasteiger partial charge in [0.1, 0.15) is 11.6 Å². The molecule has 0 bridgehead atoms. The number of hydrogen-bond acceptors (Lipinski definition) is 7. The van der Waals surface area contributed by atoms with Gasteiger partial charge in [-0.25, -0.2) is 4.98 Å². The topological polar surface area (TPSA) is 79.8 Å². The molecule has 0 atom stereocenters. The first kappa shape index (κ1) is 24.1. The van der Waals surface area contributed by atoms with E-state index in [4.69, 9.17) is 14.5 Å². The van der Waals surface area contributed by atoms with Crippen LogP contribution in [0.1, 0.15) is 24.1 Å². The number of nitrogens with zero attached hydrogens (tertiary/aromatic N) is 4. The van der Waals surface area contributed by atoms with Crippen molar-refractivity contribution in [3.05, 3.63) is 71.9 Å². The largest absolute Gasteiger partial charge is 0.497 e. The van der Waals surface area contributed by atoms with Crippen LogP contribution in [0.5, 0.6) is 5.75 Å². The van der Waals surface area contributed by atoms with Crippen LogP contribution in [0.4, 0.5) is 17.5 Å². The van der Waals surface area contributed by atoms with E-state index in [1.807, 2.05) is 60.4 Å². The van der Waals surface area contributed by atoms with E-state index in [1.165, 1.54) is 0 Å². The van der Waals surface area contributed by atoms with Crippen molar-refractivity contribution in [3.63, 3.8) is 0 Å². The van der Waals surface area contributed by atoms with Crippen LogP contribution in [0.25, 0.3) is 0 Å². The predicted molar refractivity (Wildman–Crippen MR) is 140 cm³/mol. The van der Waals surface area contributed by atoms with Gasteiger partial charge in [-0.15, -0.1) is 0 Å². The summed E-state index contributed by atoms with van der Waals surface area (Å²) in [5.41, 5.74) is 2.41. The summed E-state index contributed by atoms with van der Waals surface area (Å²) in [7, 11) is 1.65. The van der Waals surface area contributed by atoms with E-state index in [0.29, 0.717) is 45.3 Å². The second-order valence-corrected chi connectivity index (χ2v) is 9.39. The molecule has 2 aliphatic rings. The summed E-state index contributed by atoms with van der Waals surface area (Å²) >= 11 is 0. The highest BCUT2D eigenvalue weighted by atomic mass is 16.5. The molecule has 0 aliphatic carbocycles. The van der Waals surface area contributed by atoms with Crippen molar-refractivity contribution in [2.75, 3.05) is 56.7 Å². The minimum atomic E-state index is -0.503. The molecular weight excluding hydrogens is 454 g/mol. The van der Waals surface area contributed by atoms with Crippen molar-refractivity contribution in [3.8, 4) is 5.75 Å². The second kappa shape index (κ2) is 10.5. The van der Waals surface area contributed by atoms with Crippen molar-refractivity contribution in [2.45, 2.75) is 25.2 Å². The Kier molecular flexibility index (Phi) is 7.04. The summed E-state index contributed by atoms with van der Waals surface area (Å²) in [5, 5.41) is 3.36. The first-order chi connectivity index (χ1) is 17.6. The highest BCUT2D eigenvalue weighted by molar-refractivity contribution is 5.88. The zero-order valence-electron chi connectivity index (χ0n) is 20.9. The molecule has 188 valence electrons. The first-order valence-corrected chi connectivity index (χ1v) is 12.5. The Morgan fingerprint density at radius 1 is 0.972 bits per heavy atom. The number of hydrogen-bond donors (Lipinski definition) is 1. The molecular formula is C28H33N5O3. The molecule has 1 aromatic heterocycles. The van der Waals surface area contributed by atoms with Gasteiger partial charge in [0.2, 0.25) is 11.9 Å². The number of anilines is 3. The Morgan fingerprint density at radius 3 is 2.33 bits per heavy atom. The number of carbonyl (C=O) groups is 1. The molecule has 8 nitrogen and oxygen atoms in total. The maximum absolute atomic E-state index is 13.9. The highest BCUT2D eigenvalue weighted by Gasteiger charge is 2.44. The summed E-state index contributed by atoms with van der Waals surface area (Å²) in [6.07, 6.45) is 1.44. The van der Waals surface area contributed by atoms with E-state index < -0.39 is 5.41 Å². The molecule has 2 aliphatic heterocycles. The molecule has 3 heterocycles. The number of aryl methyl sites for hydroxylation is 1. The Balaban J connectivity index is 1.28. The Labute approximate surface area is 212 Å². The third-order valence-electron chi connectivity index (χ3n) is 7.14. The smallest absolute Gasteiger partial charge is 0.233 e. The first-order valence-electron chi connectivity index (χ1n) is 12.5. The minimum absolute atomic E-state index is 0.212. The fourth-order valence-electron chi connectivity index (χ4n) is 5.10. The average molecular weight is 488 g/mol.